The zero-order chi connectivity index (χ0) is 22.0. The number of ether oxygens (including phenoxy) is 3. The van der Waals surface area contributed by atoms with Crippen molar-refractivity contribution in [1.82, 2.24) is 0 Å². The maximum Gasteiger partial charge on any atom is 0.306 e. The van der Waals surface area contributed by atoms with Crippen molar-refractivity contribution in [3.05, 3.63) is 47.1 Å². The van der Waals surface area contributed by atoms with Gasteiger partial charge in [0.15, 0.2) is 17.3 Å². The van der Waals surface area contributed by atoms with Crippen LogP contribution in [0.3, 0.4) is 0 Å². The van der Waals surface area contributed by atoms with Gasteiger partial charge in [0.05, 0.1) is 27.8 Å². The van der Waals surface area contributed by atoms with Gasteiger partial charge < -0.3 is 14.2 Å². The number of methoxy groups -OCH3 is 3. The quantitative estimate of drug-likeness (QED) is 0.572. The lowest BCUT2D eigenvalue weighted by Crippen LogP contribution is -2.07. The van der Waals surface area contributed by atoms with E-state index < -0.39 is 0 Å². The molecule has 1 aromatic carbocycles. The Balaban J connectivity index is 0.000000308. The van der Waals surface area contributed by atoms with E-state index >= 15 is 0 Å². The van der Waals surface area contributed by atoms with Crippen molar-refractivity contribution < 1.29 is 23.8 Å². The third kappa shape index (κ3) is 7.41. The Labute approximate surface area is 174 Å². The van der Waals surface area contributed by atoms with Gasteiger partial charge in [-0.15, -0.1) is 0 Å². The summed E-state index contributed by atoms with van der Waals surface area (Å²) in [6, 6.07) is 5.64. The van der Waals surface area contributed by atoms with Crippen molar-refractivity contribution in [2.24, 2.45) is 0 Å². The molecule has 1 aliphatic rings. The number of hydrogen-bond acceptors (Lipinski definition) is 5. The van der Waals surface area contributed by atoms with Crippen LogP contribution in [0.15, 0.2) is 41.5 Å². The van der Waals surface area contributed by atoms with Crippen LogP contribution in [0.4, 0.5) is 0 Å². The van der Waals surface area contributed by atoms with E-state index in [2.05, 4.69) is 11.3 Å². The largest absolute Gasteiger partial charge is 0.493 e. The molecule has 5 heteroatoms. The first-order valence-corrected chi connectivity index (χ1v) is 9.92. The van der Waals surface area contributed by atoms with Crippen molar-refractivity contribution in [1.29, 1.82) is 0 Å². The van der Waals surface area contributed by atoms with Crippen LogP contribution in [0.1, 0.15) is 64.4 Å². The van der Waals surface area contributed by atoms with Gasteiger partial charge in [-0.25, -0.2) is 0 Å². The average Bonchev–Trinajstić information content (AvgIpc) is 2.73. The highest BCUT2D eigenvalue weighted by atomic mass is 16.5. The van der Waals surface area contributed by atoms with E-state index in [1.807, 2.05) is 32.0 Å². The molecule has 5 nitrogen and oxygen atoms in total. The lowest BCUT2D eigenvalue weighted by molar-refractivity contribution is -0.141. The number of carbonyl (C=O) groups excluding carboxylic acids is 2. The molecule has 0 heterocycles. The number of Topliss-reactive ketones (excluding diaryl/α,β-unsaturated/α-hetero) is 1. The molecule has 29 heavy (non-hydrogen) atoms. The molecular formula is C24H34O5. The zero-order valence-electron chi connectivity index (χ0n) is 18.6. The molecule has 1 unspecified atom stereocenters. The summed E-state index contributed by atoms with van der Waals surface area (Å²) in [7, 11) is 4.58. The van der Waals surface area contributed by atoms with Gasteiger partial charge in [0.25, 0.3) is 0 Å². The molecule has 0 aromatic heterocycles. The molecule has 1 atom stereocenters. The predicted molar refractivity (Wildman–Crippen MR) is 116 cm³/mol. The Morgan fingerprint density at radius 3 is 2.03 bits per heavy atom. The van der Waals surface area contributed by atoms with Crippen molar-refractivity contribution >= 4 is 11.8 Å². The molecule has 0 amide bonds. The van der Waals surface area contributed by atoms with Crippen LogP contribution in [0, 0.1) is 0 Å². The maximum absolute atomic E-state index is 11.2. The lowest BCUT2D eigenvalue weighted by Gasteiger charge is -2.18. The Kier molecular flexibility index (Phi) is 10.2. The third-order valence-electron chi connectivity index (χ3n) is 5.09. The fourth-order valence-corrected chi connectivity index (χ4v) is 3.38. The highest BCUT2D eigenvalue weighted by Crippen LogP contribution is 2.31. The standard InChI is InChI=1S/C13H18O4.C11H16O/c1-9(7-13(14)17-4)10-5-6-11(15-2)12(8-10)16-3;1-8(2)10-6-4-5-7-11(10)9(3)12/h5-6,8-9H,7H2,1-4H3;1,4-7H2,2-3H3. The Morgan fingerprint density at radius 1 is 1.00 bits per heavy atom. The number of benzene rings is 1. The first-order chi connectivity index (χ1) is 13.7. The van der Waals surface area contributed by atoms with Gasteiger partial charge in [0.2, 0.25) is 0 Å². The average molecular weight is 403 g/mol. The van der Waals surface area contributed by atoms with Crippen molar-refractivity contribution in [2.75, 3.05) is 21.3 Å². The molecule has 0 radical (unpaired) electrons. The summed E-state index contributed by atoms with van der Waals surface area (Å²) in [4.78, 5) is 22.4. The summed E-state index contributed by atoms with van der Waals surface area (Å²) in [5.74, 6) is 1.45. The van der Waals surface area contributed by atoms with Crippen LogP contribution >= 0.6 is 0 Å². The van der Waals surface area contributed by atoms with E-state index in [0.29, 0.717) is 17.9 Å². The minimum atomic E-state index is -0.215. The third-order valence-corrected chi connectivity index (χ3v) is 5.09. The molecule has 1 aromatic rings. The molecule has 0 bridgehead atoms. The SMILES string of the molecule is C=C(C)C1=C(C(C)=O)CCCC1.COC(=O)CC(C)c1ccc(OC)c(OC)c1. The van der Waals surface area contributed by atoms with Gasteiger partial charge in [-0.05, 0) is 74.3 Å². The van der Waals surface area contributed by atoms with Crippen molar-refractivity contribution in [2.45, 2.75) is 58.8 Å². The molecule has 160 valence electrons. The summed E-state index contributed by atoms with van der Waals surface area (Å²) in [5, 5.41) is 0. The predicted octanol–water partition coefficient (Wildman–Crippen LogP) is 5.39. The van der Waals surface area contributed by atoms with Gasteiger partial charge in [-0.1, -0.05) is 25.1 Å². The van der Waals surface area contributed by atoms with Crippen LogP contribution in [0.25, 0.3) is 0 Å². The van der Waals surface area contributed by atoms with E-state index in [9.17, 15) is 9.59 Å². The summed E-state index contributed by atoms with van der Waals surface area (Å²) < 4.78 is 15.0. The van der Waals surface area contributed by atoms with E-state index in [1.54, 1.807) is 21.1 Å². The summed E-state index contributed by atoms with van der Waals surface area (Å²) >= 11 is 0. The molecule has 2 rings (SSSR count). The maximum atomic E-state index is 11.2. The van der Waals surface area contributed by atoms with E-state index in [1.165, 1.54) is 19.1 Å². The minimum absolute atomic E-state index is 0.0854. The minimum Gasteiger partial charge on any atom is -0.493 e. The Morgan fingerprint density at radius 2 is 1.59 bits per heavy atom. The Hall–Kier alpha value is -2.56. The summed E-state index contributed by atoms with van der Waals surface area (Å²) in [6.45, 7) is 9.52. The van der Waals surface area contributed by atoms with E-state index in [-0.39, 0.29) is 17.7 Å². The number of hydrogen-bond donors (Lipinski definition) is 0. The zero-order valence-corrected chi connectivity index (χ0v) is 18.6. The van der Waals surface area contributed by atoms with Gasteiger partial charge in [-0.3, -0.25) is 9.59 Å². The topological polar surface area (TPSA) is 61.8 Å². The highest BCUT2D eigenvalue weighted by Gasteiger charge is 2.16. The summed E-state index contributed by atoms with van der Waals surface area (Å²) in [5.41, 5.74) is 4.33. The monoisotopic (exact) mass is 402 g/mol. The van der Waals surface area contributed by atoms with Crippen LogP contribution < -0.4 is 9.47 Å². The van der Waals surface area contributed by atoms with Gasteiger partial charge in [-0.2, -0.15) is 0 Å². The van der Waals surface area contributed by atoms with Gasteiger partial charge in [0, 0.05) is 0 Å². The molecule has 0 fully saturated rings. The normalized spacial score (nSPS) is 14.3. The molecule has 0 N–H and O–H groups in total. The first kappa shape index (κ1) is 24.5. The summed E-state index contributed by atoms with van der Waals surface area (Å²) in [6.07, 6.45) is 4.72. The molecule has 0 aliphatic heterocycles. The number of carbonyl (C=O) groups is 2. The number of esters is 1. The second-order valence-electron chi connectivity index (χ2n) is 7.30. The fraction of sp³-hybridized carbons (Fsp3) is 0.500. The van der Waals surface area contributed by atoms with Crippen LogP contribution in [-0.2, 0) is 14.3 Å². The van der Waals surface area contributed by atoms with Crippen LogP contribution in [-0.4, -0.2) is 33.1 Å². The smallest absolute Gasteiger partial charge is 0.306 e. The fourth-order valence-electron chi connectivity index (χ4n) is 3.38. The van der Waals surface area contributed by atoms with Crippen molar-refractivity contribution in [3.8, 4) is 11.5 Å². The molecule has 1 aliphatic carbocycles. The number of rotatable bonds is 7. The molecule has 0 saturated carbocycles. The first-order valence-electron chi connectivity index (χ1n) is 9.92. The van der Waals surface area contributed by atoms with E-state index in [4.69, 9.17) is 9.47 Å². The second kappa shape index (κ2) is 12.1. The molecule has 0 saturated heterocycles. The van der Waals surface area contributed by atoms with Gasteiger partial charge in [0.1, 0.15) is 0 Å². The lowest BCUT2D eigenvalue weighted by atomic mass is 9.86. The molecule has 0 spiro atoms. The van der Waals surface area contributed by atoms with Crippen LogP contribution in [0.5, 0.6) is 11.5 Å². The Bertz CT molecular complexity index is 735. The highest BCUT2D eigenvalue weighted by molar-refractivity contribution is 5.94. The molecular weight excluding hydrogens is 368 g/mol. The van der Waals surface area contributed by atoms with Crippen molar-refractivity contribution in [3.63, 3.8) is 0 Å². The van der Waals surface area contributed by atoms with E-state index in [0.717, 1.165) is 36.0 Å². The van der Waals surface area contributed by atoms with Crippen LogP contribution in [0.2, 0.25) is 0 Å². The number of ketones is 1. The second-order valence-corrected chi connectivity index (χ2v) is 7.30. The number of allylic oxidation sites excluding steroid dienone is 3. The van der Waals surface area contributed by atoms with Gasteiger partial charge >= 0.3 is 5.97 Å².